The lowest BCUT2D eigenvalue weighted by Gasteiger charge is -2.19. The van der Waals surface area contributed by atoms with Crippen molar-refractivity contribution >= 4 is 33.1 Å². The molecule has 0 unspecified atom stereocenters. The van der Waals surface area contributed by atoms with Crippen LogP contribution < -0.4 is 5.32 Å². The fourth-order valence-corrected chi connectivity index (χ4v) is 3.46. The monoisotopic (exact) mass is 296 g/mol. The van der Waals surface area contributed by atoms with Crippen LogP contribution in [0.15, 0.2) is 44.2 Å². The van der Waals surface area contributed by atoms with Gasteiger partial charge < -0.3 is 9.73 Å². The molecule has 0 radical (unpaired) electrons. The second-order valence-electron chi connectivity index (χ2n) is 4.08. The largest absolute Gasteiger partial charge is 0.464 e. The van der Waals surface area contributed by atoms with Crippen LogP contribution in [0.3, 0.4) is 0 Å². The summed E-state index contributed by atoms with van der Waals surface area (Å²) in [7, 11) is -3.73. The summed E-state index contributed by atoms with van der Waals surface area (Å²) >= 11 is 5.98. The van der Waals surface area contributed by atoms with Crippen molar-refractivity contribution in [1.82, 2.24) is 0 Å². The van der Waals surface area contributed by atoms with Gasteiger partial charge in [-0.05, 0) is 31.2 Å². The van der Waals surface area contributed by atoms with E-state index >= 15 is 0 Å². The number of hydrogen-bond acceptors (Lipinski definition) is 4. The van der Waals surface area contributed by atoms with Crippen LogP contribution in [0.25, 0.3) is 11.3 Å². The fraction of sp³-hybridized carbons (Fsp3) is 0.0833. The Morgan fingerprint density at radius 1 is 1.37 bits per heavy atom. The predicted octanol–water partition coefficient (Wildman–Crippen LogP) is 3.13. The number of nitrogens with zero attached hydrogens (tertiary/aromatic N) is 1. The Morgan fingerprint density at radius 2 is 2.16 bits per heavy atom. The van der Waals surface area contributed by atoms with Gasteiger partial charge in [-0.25, -0.2) is 0 Å². The first-order valence-corrected chi connectivity index (χ1v) is 7.25. The van der Waals surface area contributed by atoms with Gasteiger partial charge in [0.25, 0.3) is 10.0 Å². The third-order valence-corrected chi connectivity index (χ3v) is 4.30. The van der Waals surface area contributed by atoms with Gasteiger partial charge in [-0.3, -0.25) is 0 Å². The second-order valence-corrected chi connectivity index (χ2v) is 6.09. The normalized spacial score (nSPS) is 16.4. The first-order chi connectivity index (χ1) is 8.97. The molecule has 1 aromatic carbocycles. The molecular weight excluding hydrogens is 288 g/mol. The zero-order valence-corrected chi connectivity index (χ0v) is 11.4. The summed E-state index contributed by atoms with van der Waals surface area (Å²) in [5.41, 5.74) is 1.03. The Bertz CT molecular complexity index is 780. The van der Waals surface area contributed by atoms with E-state index in [2.05, 4.69) is 9.71 Å². The summed E-state index contributed by atoms with van der Waals surface area (Å²) in [4.78, 5) is 0.0528. The molecule has 1 aliphatic rings. The molecule has 0 aliphatic carbocycles. The minimum Gasteiger partial charge on any atom is -0.464 e. The Labute approximate surface area is 115 Å². The predicted molar refractivity (Wildman–Crippen MR) is 73.1 cm³/mol. The maximum Gasteiger partial charge on any atom is 0.286 e. The van der Waals surface area contributed by atoms with Gasteiger partial charge in [-0.1, -0.05) is 11.6 Å². The maximum absolute atomic E-state index is 12.0. The number of anilines is 1. The summed E-state index contributed by atoms with van der Waals surface area (Å²) in [5, 5.41) is 3.26. The first kappa shape index (κ1) is 12.3. The van der Waals surface area contributed by atoms with Crippen LogP contribution in [0.5, 0.6) is 0 Å². The lowest BCUT2D eigenvalue weighted by molar-refractivity contribution is 0.582. The third-order valence-electron chi connectivity index (χ3n) is 2.69. The van der Waals surface area contributed by atoms with Gasteiger partial charge in [-0.15, -0.1) is 4.40 Å². The molecule has 98 valence electrons. The summed E-state index contributed by atoms with van der Waals surface area (Å²) in [6.07, 6.45) is 1.51. The van der Waals surface area contributed by atoms with Gasteiger partial charge in [0, 0.05) is 10.6 Å². The molecule has 2 heterocycles. The zero-order valence-electron chi connectivity index (χ0n) is 9.84. The highest BCUT2D eigenvalue weighted by molar-refractivity contribution is 7.90. The number of halogens is 1. The second kappa shape index (κ2) is 4.11. The van der Waals surface area contributed by atoms with Crippen molar-refractivity contribution in [2.45, 2.75) is 11.8 Å². The lowest BCUT2D eigenvalue weighted by atomic mass is 10.1. The Balaban J connectivity index is 2.35. The van der Waals surface area contributed by atoms with E-state index in [1.807, 2.05) is 0 Å². The van der Waals surface area contributed by atoms with Crippen LogP contribution in [-0.2, 0) is 10.0 Å². The summed E-state index contributed by atoms with van der Waals surface area (Å²) in [5.74, 6) is 0.846. The number of fused-ring (bicyclic) bond motifs is 1. The number of benzene rings is 1. The molecule has 1 aromatic heterocycles. The van der Waals surface area contributed by atoms with E-state index in [4.69, 9.17) is 16.0 Å². The van der Waals surface area contributed by atoms with Crippen LogP contribution >= 0.6 is 11.6 Å². The smallest absolute Gasteiger partial charge is 0.286 e. The number of sulfonamides is 1. The average Bonchev–Trinajstić information content (AvgIpc) is 2.82. The third kappa shape index (κ3) is 2.02. The van der Waals surface area contributed by atoms with Crippen LogP contribution in [0, 0.1) is 0 Å². The Hall–Kier alpha value is -1.79. The van der Waals surface area contributed by atoms with E-state index in [0.29, 0.717) is 27.9 Å². The van der Waals surface area contributed by atoms with Crippen molar-refractivity contribution in [3.05, 3.63) is 35.6 Å². The molecule has 0 atom stereocenters. The van der Waals surface area contributed by atoms with E-state index < -0.39 is 10.0 Å². The van der Waals surface area contributed by atoms with E-state index in [1.165, 1.54) is 12.3 Å². The zero-order chi connectivity index (χ0) is 13.6. The topological polar surface area (TPSA) is 71.7 Å². The highest BCUT2D eigenvalue weighted by Crippen LogP contribution is 2.39. The van der Waals surface area contributed by atoms with Gasteiger partial charge >= 0.3 is 0 Å². The quantitative estimate of drug-likeness (QED) is 0.877. The van der Waals surface area contributed by atoms with Crippen LogP contribution in [0.1, 0.15) is 6.92 Å². The minimum atomic E-state index is -3.73. The molecule has 19 heavy (non-hydrogen) atoms. The van der Waals surface area contributed by atoms with Gasteiger partial charge in [0.15, 0.2) is 0 Å². The molecule has 1 aliphatic heterocycles. The van der Waals surface area contributed by atoms with E-state index in [1.54, 1.807) is 25.1 Å². The van der Waals surface area contributed by atoms with Gasteiger partial charge in [0.2, 0.25) is 0 Å². The molecule has 2 aromatic rings. The molecule has 1 N–H and O–H groups in total. The van der Waals surface area contributed by atoms with Gasteiger partial charge in [-0.2, -0.15) is 8.42 Å². The van der Waals surface area contributed by atoms with Crippen molar-refractivity contribution in [2.75, 3.05) is 5.32 Å². The molecule has 5 nitrogen and oxygen atoms in total. The van der Waals surface area contributed by atoms with Crippen molar-refractivity contribution in [3.63, 3.8) is 0 Å². The molecule has 7 heteroatoms. The van der Waals surface area contributed by atoms with Crippen LogP contribution in [0.2, 0.25) is 5.02 Å². The number of nitrogens with one attached hydrogen (secondary N) is 1. The van der Waals surface area contributed by atoms with Crippen molar-refractivity contribution in [2.24, 2.45) is 4.40 Å². The SMILES string of the molecule is CC1=NS(=O)(=O)c2cc(Cl)cc(-c3ccco3)c2N1. The molecule has 0 fully saturated rings. The highest BCUT2D eigenvalue weighted by Gasteiger charge is 2.27. The summed E-state index contributed by atoms with van der Waals surface area (Å²) in [6, 6.07) is 6.49. The number of hydrogen-bond donors (Lipinski definition) is 1. The van der Waals surface area contributed by atoms with Crippen molar-refractivity contribution < 1.29 is 12.8 Å². The minimum absolute atomic E-state index is 0.0528. The molecule has 0 amide bonds. The standard InChI is InChI=1S/C12H9ClN2O3S/c1-7-14-12-9(10-3-2-4-18-10)5-8(13)6-11(12)19(16,17)15-7/h2-6H,1H3,(H,14,15). The molecule has 3 rings (SSSR count). The molecule has 0 bridgehead atoms. The molecule has 0 saturated heterocycles. The van der Waals surface area contributed by atoms with E-state index in [0.717, 1.165) is 0 Å². The van der Waals surface area contributed by atoms with E-state index in [9.17, 15) is 8.42 Å². The fourth-order valence-electron chi connectivity index (χ4n) is 1.97. The van der Waals surface area contributed by atoms with Crippen molar-refractivity contribution in [3.8, 4) is 11.3 Å². The Morgan fingerprint density at radius 3 is 2.84 bits per heavy atom. The molecule has 0 spiro atoms. The van der Waals surface area contributed by atoms with Crippen molar-refractivity contribution in [1.29, 1.82) is 0 Å². The summed E-state index contributed by atoms with van der Waals surface area (Å²) < 4.78 is 33.0. The molecular formula is C12H9ClN2O3S. The van der Waals surface area contributed by atoms with E-state index in [-0.39, 0.29) is 4.90 Å². The number of furan rings is 1. The molecule has 0 saturated carbocycles. The first-order valence-electron chi connectivity index (χ1n) is 5.43. The number of rotatable bonds is 1. The Kier molecular flexibility index (Phi) is 2.65. The maximum atomic E-state index is 12.0. The highest BCUT2D eigenvalue weighted by atomic mass is 35.5. The van der Waals surface area contributed by atoms with Gasteiger partial charge in [0.1, 0.15) is 16.5 Å². The average molecular weight is 297 g/mol. The van der Waals surface area contributed by atoms with Gasteiger partial charge in [0.05, 0.1) is 12.0 Å². The number of amidine groups is 1. The lowest BCUT2D eigenvalue weighted by Crippen LogP contribution is -2.19. The summed E-state index contributed by atoms with van der Waals surface area (Å²) in [6.45, 7) is 1.58. The van der Waals surface area contributed by atoms with Crippen LogP contribution in [-0.4, -0.2) is 14.3 Å². The van der Waals surface area contributed by atoms with Crippen LogP contribution in [0.4, 0.5) is 5.69 Å².